The molecule has 8 heteroatoms. The lowest BCUT2D eigenvalue weighted by molar-refractivity contribution is 0.355. The highest BCUT2D eigenvalue weighted by Gasteiger charge is 2.30. The first-order valence-corrected chi connectivity index (χ1v) is 12.0. The Balaban J connectivity index is 1.60. The van der Waals surface area contributed by atoms with Crippen molar-refractivity contribution in [2.24, 2.45) is 0 Å². The molecule has 2 heterocycles. The van der Waals surface area contributed by atoms with E-state index in [2.05, 4.69) is 6.92 Å². The van der Waals surface area contributed by atoms with Gasteiger partial charge in [0.2, 0.25) is 10.0 Å². The van der Waals surface area contributed by atoms with E-state index in [9.17, 15) is 8.42 Å². The van der Waals surface area contributed by atoms with Crippen LogP contribution in [0.5, 0.6) is 11.5 Å². The highest BCUT2D eigenvalue weighted by atomic mass is 32.2. The summed E-state index contributed by atoms with van der Waals surface area (Å²) in [5.41, 5.74) is 3.02. The Morgan fingerprint density at radius 3 is 2.47 bits per heavy atom. The van der Waals surface area contributed by atoms with E-state index in [1.807, 2.05) is 30.3 Å². The van der Waals surface area contributed by atoms with Crippen LogP contribution in [0.3, 0.4) is 0 Å². The van der Waals surface area contributed by atoms with Gasteiger partial charge in [-0.15, -0.1) is 11.3 Å². The average molecular weight is 445 g/mol. The third kappa shape index (κ3) is 3.82. The van der Waals surface area contributed by atoms with Crippen molar-refractivity contribution in [1.29, 1.82) is 0 Å². The lowest BCUT2D eigenvalue weighted by atomic mass is 10.2. The van der Waals surface area contributed by atoms with Gasteiger partial charge in [-0.3, -0.25) is 0 Å². The summed E-state index contributed by atoms with van der Waals surface area (Å²) in [5, 5.41) is 0.854. The number of ether oxygens (including phenoxy) is 2. The number of rotatable bonds is 6. The molecule has 2 aromatic carbocycles. The maximum atomic E-state index is 13.1. The van der Waals surface area contributed by atoms with Crippen LogP contribution in [0.2, 0.25) is 0 Å². The number of methoxy groups -OCH3 is 2. The molecule has 0 radical (unpaired) electrons. The molecule has 1 aliphatic heterocycles. The smallest absolute Gasteiger partial charge is 0.243 e. The Labute approximate surface area is 181 Å². The number of aryl methyl sites for hydroxylation is 1. The summed E-state index contributed by atoms with van der Waals surface area (Å²) in [6, 6.07) is 12.8. The van der Waals surface area contributed by atoms with Crippen molar-refractivity contribution >= 4 is 21.4 Å². The number of hydrogen-bond donors (Lipinski definition) is 0. The molecule has 4 rings (SSSR count). The van der Waals surface area contributed by atoms with Crippen LogP contribution in [0.15, 0.2) is 47.4 Å². The highest BCUT2D eigenvalue weighted by molar-refractivity contribution is 7.89. The molecule has 1 aliphatic rings. The van der Waals surface area contributed by atoms with Crippen LogP contribution in [0.4, 0.5) is 0 Å². The molecule has 1 aromatic heterocycles. The molecule has 0 aliphatic carbocycles. The average Bonchev–Trinajstić information content (AvgIpc) is 3.22. The molecule has 0 saturated heterocycles. The third-order valence-corrected chi connectivity index (χ3v) is 8.29. The molecular weight excluding hydrogens is 420 g/mol. The molecule has 0 saturated carbocycles. The summed E-state index contributed by atoms with van der Waals surface area (Å²) in [6.07, 6.45) is 1.48. The van der Waals surface area contributed by atoms with Crippen molar-refractivity contribution < 1.29 is 17.9 Å². The quantitative estimate of drug-likeness (QED) is 0.572. The van der Waals surface area contributed by atoms with Crippen LogP contribution < -0.4 is 9.47 Å². The predicted octanol–water partition coefficient (Wildman–Crippen LogP) is 4.14. The number of hydrogen-bond acceptors (Lipinski definition) is 6. The summed E-state index contributed by atoms with van der Waals surface area (Å²) in [5.74, 6) is 1.30. The molecular formula is C22H24N2O4S2. The third-order valence-electron chi connectivity index (χ3n) is 5.30. The van der Waals surface area contributed by atoms with Gasteiger partial charge in [-0.2, -0.15) is 4.31 Å². The summed E-state index contributed by atoms with van der Waals surface area (Å²) in [4.78, 5) is 6.09. The zero-order valence-electron chi connectivity index (χ0n) is 17.2. The summed E-state index contributed by atoms with van der Waals surface area (Å²) < 4.78 is 38.5. The lowest BCUT2D eigenvalue weighted by Gasteiger charge is -2.25. The fraction of sp³-hybridized carbons (Fsp3) is 0.318. The van der Waals surface area contributed by atoms with E-state index in [4.69, 9.17) is 14.5 Å². The first kappa shape index (κ1) is 20.8. The molecule has 0 N–H and O–H groups in total. The van der Waals surface area contributed by atoms with Crippen LogP contribution in [0, 0.1) is 0 Å². The summed E-state index contributed by atoms with van der Waals surface area (Å²) in [7, 11) is -0.326. The van der Waals surface area contributed by atoms with Gasteiger partial charge in [0, 0.05) is 23.4 Å². The highest BCUT2D eigenvalue weighted by Crippen LogP contribution is 2.37. The normalized spacial score (nSPS) is 14.4. The minimum Gasteiger partial charge on any atom is -0.493 e. The number of fused-ring (bicyclic) bond motifs is 1. The number of sulfonamides is 1. The number of thiazole rings is 1. The SMILES string of the molecule is CCc1ccc(S(=O)(=O)N2CCc3nc(-c4ccc(OC)c(OC)c4)sc3C2)cc1. The number of nitrogens with zero attached hydrogens (tertiary/aromatic N) is 2. The van der Waals surface area contributed by atoms with E-state index in [-0.39, 0.29) is 0 Å². The van der Waals surface area contributed by atoms with E-state index in [1.165, 1.54) is 11.3 Å². The topological polar surface area (TPSA) is 68.7 Å². The summed E-state index contributed by atoms with van der Waals surface area (Å²) >= 11 is 1.53. The van der Waals surface area contributed by atoms with E-state index in [0.29, 0.717) is 35.9 Å². The van der Waals surface area contributed by atoms with Crippen molar-refractivity contribution in [2.45, 2.75) is 31.2 Å². The zero-order valence-corrected chi connectivity index (χ0v) is 18.8. The van der Waals surface area contributed by atoms with E-state index in [1.54, 1.807) is 30.7 Å². The van der Waals surface area contributed by atoms with E-state index < -0.39 is 10.0 Å². The molecule has 0 spiro atoms. The monoisotopic (exact) mass is 444 g/mol. The van der Waals surface area contributed by atoms with Gasteiger partial charge < -0.3 is 9.47 Å². The van der Waals surface area contributed by atoms with E-state index in [0.717, 1.165) is 33.1 Å². The minimum absolute atomic E-state index is 0.341. The minimum atomic E-state index is -3.53. The van der Waals surface area contributed by atoms with Crippen molar-refractivity contribution in [2.75, 3.05) is 20.8 Å². The second kappa shape index (κ2) is 8.37. The molecule has 0 atom stereocenters. The Morgan fingerprint density at radius 1 is 1.07 bits per heavy atom. The van der Waals surface area contributed by atoms with Crippen molar-refractivity contribution in [3.8, 4) is 22.1 Å². The van der Waals surface area contributed by atoms with Crippen LogP contribution in [-0.4, -0.2) is 38.5 Å². The number of benzene rings is 2. The first-order chi connectivity index (χ1) is 14.5. The zero-order chi connectivity index (χ0) is 21.3. The summed E-state index contributed by atoms with van der Waals surface area (Å²) in [6.45, 7) is 2.83. The molecule has 30 heavy (non-hydrogen) atoms. The Hall–Kier alpha value is -2.42. The van der Waals surface area contributed by atoms with Gasteiger partial charge in [0.15, 0.2) is 11.5 Å². The van der Waals surface area contributed by atoms with Gasteiger partial charge >= 0.3 is 0 Å². The Bertz CT molecular complexity index is 1150. The van der Waals surface area contributed by atoms with Crippen molar-refractivity contribution in [3.63, 3.8) is 0 Å². The molecule has 0 amide bonds. The van der Waals surface area contributed by atoms with Gasteiger partial charge in [0.25, 0.3) is 0 Å². The van der Waals surface area contributed by atoms with Crippen LogP contribution >= 0.6 is 11.3 Å². The van der Waals surface area contributed by atoms with Gasteiger partial charge in [-0.25, -0.2) is 13.4 Å². The molecule has 0 unspecified atom stereocenters. The molecule has 0 bridgehead atoms. The largest absolute Gasteiger partial charge is 0.493 e. The second-order valence-corrected chi connectivity index (χ2v) is 10.1. The maximum Gasteiger partial charge on any atom is 0.243 e. The molecule has 158 valence electrons. The lowest BCUT2D eigenvalue weighted by Crippen LogP contribution is -2.35. The first-order valence-electron chi connectivity index (χ1n) is 9.76. The molecule has 6 nitrogen and oxygen atoms in total. The van der Waals surface area contributed by atoms with E-state index >= 15 is 0 Å². The second-order valence-electron chi connectivity index (χ2n) is 7.04. The Morgan fingerprint density at radius 2 is 1.80 bits per heavy atom. The number of aromatic nitrogens is 1. The van der Waals surface area contributed by atoms with Crippen molar-refractivity contribution in [3.05, 3.63) is 58.6 Å². The van der Waals surface area contributed by atoms with Gasteiger partial charge in [0.1, 0.15) is 5.01 Å². The van der Waals surface area contributed by atoms with Gasteiger partial charge in [-0.05, 0) is 42.3 Å². The molecule has 0 fully saturated rings. The maximum absolute atomic E-state index is 13.1. The van der Waals surface area contributed by atoms with Gasteiger partial charge in [-0.1, -0.05) is 19.1 Å². The predicted molar refractivity (Wildman–Crippen MR) is 118 cm³/mol. The van der Waals surface area contributed by atoms with Crippen LogP contribution in [0.1, 0.15) is 23.1 Å². The standard InChI is InChI=1S/C22H24N2O4S2/c1-4-15-5-8-17(9-6-15)30(25,26)24-12-11-18-21(14-24)29-22(23-18)16-7-10-19(27-2)20(13-16)28-3/h5-10,13H,4,11-12,14H2,1-3H3. The van der Waals surface area contributed by atoms with Crippen LogP contribution in [0.25, 0.3) is 10.6 Å². The fourth-order valence-corrected chi connectivity index (χ4v) is 6.13. The van der Waals surface area contributed by atoms with Crippen LogP contribution in [-0.2, 0) is 29.4 Å². The Kier molecular flexibility index (Phi) is 5.81. The molecule has 3 aromatic rings. The fourth-order valence-electron chi connectivity index (χ4n) is 3.52. The van der Waals surface area contributed by atoms with Crippen molar-refractivity contribution in [1.82, 2.24) is 9.29 Å². The van der Waals surface area contributed by atoms with Gasteiger partial charge in [0.05, 0.1) is 31.4 Å².